The van der Waals surface area contributed by atoms with E-state index in [2.05, 4.69) is 9.84 Å². The normalized spacial score (nSPS) is 11.4. The number of ether oxygens (including phenoxy) is 1. The van der Waals surface area contributed by atoms with Crippen molar-refractivity contribution in [2.24, 2.45) is 0 Å². The Morgan fingerprint density at radius 3 is 2.43 bits per heavy atom. The Hall–Kier alpha value is -3.94. The molecular formula is C20H14ClF5N4O5. The van der Waals surface area contributed by atoms with Crippen molar-refractivity contribution in [2.75, 3.05) is 11.9 Å². The summed E-state index contributed by atoms with van der Waals surface area (Å²) < 4.78 is 73.2. The molecule has 0 saturated heterocycles. The van der Waals surface area contributed by atoms with E-state index in [1.165, 1.54) is 19.1 Å². The number of rotatable bonds is 7. The summed E-state index contributed by atoms with van der Waals surface area (Å²) in [6, 6.07) is 5.00. The van der Waals surface area contributed by atoms with E-state index in [4.69, 9.17) is 11.6 Å². The van der Waals surface area contributed by atoms with Gasteiger partial charge in [0, 0.05) is 6.54 Å². The molecule has 0 atom stereocenters. The average molecular weight is 521 g/mol. The number of carbonyl (C=O) groups is 2. The molecule has 0 aliphatic heterocycles. The van der Waals surface area contributed by atoms with Crippen molar-refractivity contribution < 1.29 is 41.4 Å². The van der Waals surface area contributed by atoms with Gasteiger partial charge in [-0.3, -0.25) is 9.36 Å². The molecule has 15 heteroatoms. The Morgan fingerprint density at radius 2 is 1.89 bits per heavy atom. The SMILES string of the molecule is CCn1c(C(=O)O)nn(-c2ccc(C(=O)Nc3c(F)cccc3Cl)c(OCC(F)(F)F)c2F)c1=O. The molecule has 1 heterocycles. The van der Waals surface area contributed by atoms with Gasteiger partial charge in [-0.1, -0.05) is 17.7 Å². The lowest BCUT2D eigenvalue weighted by Crippen LogP contribution is -2.26. The molecule has 3 rings (SSSR count). The van der Waals surface area contributed by atoms with Gasteiger partial charge in [-0.05, 0) is 31.2 Å². The number of aromatic nitrogens is 3. The third-order valence-corrected chi connectivity index (χ3v) is 4.82. The smallest absolute Gasteiger partial charge is 0.422 e. The molecular weight excluding hydrogens is 507 g/mol. The maximum atomic E-state index is 15.3. The zero-order valence-electron chi connectivity index (χ0n) is 17.5. The van der Waals surface area contributed by atoms with Crippen molar-refractivity contribution in [3.05, 3.63) is 68.9 Å². The first-order chi connectivity index (χ1) is 16.4. The number of hydrogen-bond acceptors (Lipinski definition) is 5. The molecule has 186 valence electrons. The summed E-state index contributed by atoms with van der Waals surface area (Å²) in [7, 11) is 0. The van der Waals surface area contributed by atoms with Gasteiger partial charge in [0.25, 0.3) is 5.91 Å². The Balaban J connectivity index is 2.15. The van der Waals surface area contributed by atoms with E-state index in [1.807, 2.05) is 5.32 Å². The first kappa shape index (κ1) is 25.7. The summed E-state index contributed by atoms with van der Waals surface area (Å²) in [5.41, 5.74) is -3.21. The molecule has 35 heavy (non-hydrogen) atoms. The minimum absolute atomic E-state index is 0.163. The van der Waals surface area contributed by atoms with Crippen LogP contribution in [0.5, 0.6) is 5.75 Å². The Morgan fingerprint density at radius 1 is 1.20 bits per heavy atom. The van der Waals surface area contributed by atoms with Gasteiger partial charge in [0.2, 0.25) is 5.82 Å². The zero-order valence-corrected chi connectivity index (χ0v) is 18.2. The van der Waals surface area contributed by atoms with Gasteiger partial charge in [0.15, 0.2) is 18.2 Å². The Labute approximate surface area is 197 Å². The predicted molar refractivity (Wildman–Crippen MR) is 111 cm³/mol. The molecule has 9 nitrogen and oxygen atoms in total. The first-order valence-corrected chi connectivity index (χ1v) is 9.94. The number of alkyl halides is 3. The van der Waals surface area contributed by atoms with E-state index in [1.54, 1.807) is 0 Å². The van der Waals surface area contributed by atoms with Gasteiger partial charge in [-0.15, -0.1) is 5.10 Å². The number of carboxylic acids is 1. The molecule has 2 aromatic carbocycles. The number of anilines is 1. The molecule has 0 saturated carbocycles. The quantitative estimate of drug-likeness (QED) is 0.457. The highest BCUT2D eigenvalue weighted by molar-refractivity contribution is 6.34. The fourth-order valence-electron chi connectivity index (χ4n) is 2.98. The van der Waals surface area contributed by atoms with E-state index in [0.29, 0.717) is 9.25 Å². The highest BCUT2D eigenvalue weighted by Crippen LogP contribution is 2.32. The van der Waals surface area contributed by atoms with Crippen LogP contribution in [-0.2, 0) is 6.54 Å². The highest BCUT2D eigenvalue weighted by Gasteiger charge is 2.32. The van der Waals surface area contributed by atoms with Crippen molar-refractivity contribution in [2.45, 2.75) is 19.6 Å². The monoisotopic (exact) mass is 520 g/mol. The number of carboxylic acid groups (broad SMARTS) is 1. The van der Waals surface area contributed by atoms with Gasteiger partial charge in [0.05, 0.1) is 16.3 Å². The number of nitrogens with zero attached hydrogens (tertiary/aromatic N) is 3. The van der Waals surface area contributed by atoms with Crippen molar-refractivity contribution >= 4 is 29.2 Å². The van der Waals surface area contributed by atoms with Gasteiger partial charge in [-0.25, -0.2) is 18.4 Å². The van der Waals surface area contributed by atoms with Gasteiger partial charge in [0.1, 0.15) is 11.5 Å². The van der Waals surface area contributed by atoms with Gasteiger partial charge < -0.3 is 15.2 Å². The van der Waals surface area contributed by atoms with E-state index >= 15 is 4.39 Å². The molecule has 3 aromatic rings. The molecule has 0 spiro atoms. The van der Waals surface area contributed by atoms with Crippen LogP contribution in [0, 0.1) is 11.6 Å². The standard InChI is InChI=1S/C20H14ClF5N4O5/c1-2-29-16(18(32)33)28-30(19(29)34)12-7-6-9(15(13(12)23)35-8-20(24,25)26)17(31)27-14-10(21)4-3-5-11(14)22/h3-7H,2,8H2,1H3,(H,27,31)(H,32,33). The number of benzene rings is 2. The van der Waals surface area contributed by atoms with Crippen LogP contribution in [0.15, 0.2) is 35.1 Å². The number of amides is 1. The maximum absolute atomic E-state index is 15.3. The molecule has 2 N–H and O–H groups in total. The van der Waals surface area contributed by atoms with E-state index < -0.39 is 70.5 Å². The summed E-state index contributed by atoms with van der Waals surface area (Å²) in [4.78, 5) is 36.6. The largest absolute Gasteiger partial charge is 0.480 e. The van der Waals surface area contributed by atoms with Crippen LogP contribution in [0.1, 0.15) is 27.9 Å². The molecule has 1 amide bonds. The lowest BCUT2D eigenvalue weighted by atomic mass is 10.1. The van der Waals surface area contributed by atoms with Crippen molar-refractivity contribution in [3.8, 4) is 11.4 Å². The third-order valence-electron chi connectivity index (χ3n) is 4.50. The van der Waals surface area contributed by atoms with Gasteiger partial charge >= 0.3 is 17.8 Å². The van der Waals surface area contributed by atoms with Crippen LogP contribution in [0.25, 0.3) is 5.69 Å². The Kier molecular flexibility index (Phi) is 7.14. The van der Waals surface area contributed by atoms with E-state index in [-0.39, 0.29) is 11.6 Å². The summed E-state index contributed by atoms with van der Waals surface area (Å²) in [6.45, 7) is -0.772. The number of hydrogen-bond donors (Lipinski definition) is 2. The number of nitrogens with one attached hydrogen (secondary N) is 1. The van der Waals surface area contributed by atoms with Crippen molar-refractivity contribution in [3.63, 3.8) is 0 Å². The summed E-state index contributed by atoms with van der Waals surface area (Å²) in [6.07, 6.45) is -4.94. The maximum Gasteiger partial charge on any atom is 0.422 e. The molecule has 0 aliphatic rings. The third kappa shape index (κ3) is 5.26. The molecule has 0 fully saturated rings. The van der Waals surface area contributed by atoms with Crippen LogP contribution in [0.3, 0.4) is 0 Å². The lowest BCUT2D eigenvalue weighted by molar-refractivity contribution is -0.153. The van der Waals surface area contributed by atoms with Crippen molar-refractivity contribution in [1.82, 2.24) is 14.3 Å². The predicted octanol–water partition coefficient (Wildman–Crippen LogP) is 3.88. The second-order valence-corrected chi connectivity index (χ2v) is 7.20. The fourth-order valence-corrected chi connectivity index (χ4v) is 3.19. The molecule has 1 aromatic heterocycles. The summed E-state index contributed by atoms with van der Waals surface area (Å²) in [5, 5.41) is 14.5. The lowest BCUT2D eigenvalue weighted by Gasteiger charge is -2.16. The molecule has 0 aliphatic carbocycles. The number of aromatic carboxylic acids is 1. The fraction of sp³-hybridized carbons (Fsp3) is 0.200. The molecule has 0 bridgehead atoms. The summed E-state index contributed by atoms with van der Waals surface area (Å²) in [5.74, 6) is -7.49. The first-order valence-electron chi connectivity index (χ1n) is 9.56. The second kappa shape index (κ2) is 9.74. The minimum atomic E-state index is -4.94. The minimum Gasteiger partial charge on any atom is -0.480 e. The van der Waals surface area contributed by atoms with E-state index in [0.717, 1.165) is 18.2 Å². The van der Waals surface area contributed by atoms with Crippen LogP contribution < -0.4 is 15.7 Å². The van der Waals surface area contributed by atoms with E-state index in [9.17, 15) is 37.1 Å². The van der Waals surface area contributed by atoms with Crippen LogP contribution in [0.2, 0.25) is 5.02 Å². The molecule has 0 unspecified atom stereocenters. The molecule has 0 radical (unpaired) electrons. The highest BCUT2D eigenvalue weighted by atomic mass is 35.5. The average Bonchev–Trinajstić information content (AvgIpc) is 3.10. The topological polar surface area (TPSA) is 115 Å². The zero-order chi connectivity index (χ0) is 26.1. The Bertz CT molecular complexity index is 1350. The van der Waals surface area contributed by atoms with Crippen LogP contribution >= 0.6 is 11.6 Å². The van der Waals surface area contributed by atoms with Crippen molar-refractivity contribution in [1.29, 1.82) is 0 Å². The number of carbonyl (C=O) groups excluding carboxylic acids is 1. The number of halogens is 6. The second-order valence-electron chi connectivity index (χ2n) is 6.80. The van der Waals surface area contributed by atoms with Crippen LogP contribution in [-0.4, -0.2) is 44.1 Å². The number of para-hydroxylation sites is 1. The van der Waals surface area contributed by atoms with Gasteiger partial charge in [-0.2, -0.15) is 17.9 Å². The van der Waals surface area contributed by atoms with Crippen LogP contribution in [0.4, 0.5) is 27.6 Å². The summed E-state index contributed by atoms with van der Waals surface area (Å²) >= 11 is 5.83.